The summed E-state index contributed by atoms with van der Waals surface area (Å²) in [7, 11) is 5.78. The summed E-state index contributed by atoms with van der Waals surface area (Å²) in [6.07, 6.45) is 3.89. The molecular formula is C20H23NO. The quantitative estimate of drug-likeness (QED) is 0.742. The van der Waals surface area contributed by atoms with Gasteiger partial charge in [0, 0.05) is 19.8 Å². The third-order valence-corrected chi connectivity index (χ3v) is 3.70. The molecule has 0 fully saturated rings. The van der Waals surface area contributed by atoms with Gasteiger partial charge in [0.05, 0.1) is 7.11 Å². The van der Waals surface area contributed by atoms with E-state index < -0.39 is 0 Å². The maximum Gasteiger partial charge on any atom is 0.119 e. The SMILES string of the molecule is C=C/C=C(\c1ccc(N(C)C)cc1)c1ccc(OC)cc1C. The van der Waals surface area contributed by atoms with Gasteiger partial charge in [-0.3, -0.25) is 0 Å². The van der Waals surface area contributed by atoms with E-state index in [2.05, 4.69) is 60.9 Å². The van der Waals surface area contributed by atoms with Crippen LogP contribution in [0.1, 0.15) is 16.7 Å². The minimum absolute atomic E-state index is 0.877. The molecule has 0 aliphatic rings. The van der Waals surface area contributed by atoms with Crippen LogP contribution in [0.4, 0.5) is 5.69 Å². The lowest BCUT2D eigenvalue weighted by molar-refractivity contribution is 0.414. The molecule has 0 atom stereocenters. The minimum Gasteiger partial charge on any atom is -0.497 e. The van der Waals surface area contributed by atoms with E-state index >= 15 is 0 Å². The standard InChI is InChI=1S/C20H23NO/c1-6-7-20(16-8-10-17(11-9-16)21(3)4)19-13-12-18(22-5)14-15(19)2/h6-14H,1H2,2-5H3/b20-7+. The number of aryl methyl sites for hydroxylation is 1. The highest BCUT2D eigenvalue weighted by Gasteiger charge is 2.09. The predicted molar refractivity (Wildman–Crippen MR) is 95.8 cm³/mol. The van der Waals surface area contributed by atoms with E-state index in [4.69, 9.17) is 4.74 Å². The van der Waals surface area contributed by atoms with E-state index in [1.54, 1.807) is 7.11 Å². The Labute approximate surface area is 133 Å². The summed E-state index contributed by atoms with van der Waals surface area (Å²) >= 11 is 0. The predicted octanol–water partition coefficient (Wildman–Crippen LogP) is 4.69. The number of nitrogens with zero attached hydrogens (tertiary/aromatic N) is 1. The lowest BCUT2D eigenvalue weighted by Gasteiger charge is -2.15. The van der Waals surface area contributed by atoms with Gasteiger partial charge in [-0.25, -0.2) is 0 Å². The molecule has 2 heteroatoms. The van der Waals surface area contributed by atoms with Gasteiger partial charge in [-0.2, -0.15) is 0 Å². The number of methoxy groups -OCH3 is 1. The number of benzene rings is 2. The first-order valence-corrected chi connectivity index (χ1v) is 7.32. The van der Waals surface area contributed by atoms with Crippen LogP contribution in [-0.4, -0.2) is 21.2 Å². The second-order valence-electron chi connectivity index (χ2n) is 5.44. The normalized spacial score (nSPS) is 11.2. The Balaban J connectivity index is 2.47. The summed E-state index contributed by atoms with van der Waals surface area (Å²) in [6, 6.07) is 14.7. The number of rotatable bonds is 5. The molecule has 2 nitrogen and oxygen atoms in total. The van der Waals surface area contributed by atoms with Crippen LogP contribution in [0.2, 0.25) is 0 Å². The zero-order valence-electron chi connectivity index (χ0n) is 13.8. The van der Waals surface area contributed by atoms with E-state index in [9.17, 15) is 0 Å². The van der Waals surface area contributed by atoms with Gasteiger partial charge in [-0.1, -0.05) is 36.9 Å². The molecule has 0 aliphatic heterocycles. The second kappa shape index (κ2) is 6.99. The number of allylic oxidation sites excluding steroid dienone is 2. The van der Waals surface area contributed by atoms with Gasteiger partial charge in [0.1, 0.15) is 5.75 Å². The molecule has 114 valence electrons. The van der Waals surface area contributed by atoms with Crippen molar-refractivity contribution in [2.75, 3.05) is 26.1 Å². The van der Waals surface area contributed by atoms with Crippen molar-refractivity contribution >= 4 is 11.3 Å². The van der Waals surface area contributed by atoms with Crippen molar-refractivity contribution < 1.29 is 4.74 Å². The van der Waals surface area contributed by atoms with E-state index in [0.717, 1.165) is 5.75 Å². The van der Waals surface area contributed by atoms with Crippen LogP contribution in [-0.2, 0) is 0 Å². The molecule has 2 aromatic rings. The Bertz CT molecular complexity index is 681. The van der Waals surface area contributed by atoms with Gasteiger partial charge >= 0.3 is 0 Å². The van der Waals surface area contributed by atoms with Crippen LogP contribution >= 0.6 is 0 Å². The maximum absolute atomic E-state index is 5.29. The highest BCUT2D eigenvalue weighted by molar-refractivity contribution is 5.83. The number of hydrogen-bond acceptors (Lipinski definition) is 2. The van der Waals surface area contributed by atoms with Crippen molar-refractivity contribution in [1.29, 1.82) is 0 Å². The van der Waals surface area contributed by atoms with Crippen molar-refractivity contribution in [2.24, 2.45) is 0 Å². The van der Waals surface area contributed by atoms with Crippen molar-refractivity contribution in [3.05, 3.63) is 77.9 Å². The lowest BCUT2D eigenvalue weighted by Crippen LogP contribution is -2.08. The Hall–Kier alpha value is -2.48. The fourth-order valence-corrected chi connectivity index (χ4v) is 2.46. The van der Waals surface area contributed by atoms with Gasteiger partial charge < -0.3 is 9.64 Å². The molecular weight excluding hydrogens is 270 g/mol. The van der Waals surface area contributed by atoms with Gasteiger partial charge in [-0.05, 0) is 53.5 Å². The van der Waals surface area contributed by atoms with E-state index in [0.29, 0.717) is 0 Å². The van der Waals surface area contributed by atoms with Crippen LogP contribution in [0.15, 0.2) is 61.2 Å². The van der Waals surface area contributed by atoms with Gasteiger partial charge in [0.15, 0.2) is 0 Å². The molecule has 0 N–H and O–H groups in total. The Morgan fingerprint density at radius 1 is 1.09 bits per heavy atom. The van der Waals surface area contributed by atoms with Gasteiger partial charge in [0.2, 0.25) is 0 Å². The molecule has 0 aliphatic carbocycles. The van der Waals surface area contributed by atoms with Crippen LogP contribution in [0.5, 0.6) is 5.75 Å². The van der Waals surface area contributed by atoms with E-state index in [1.807, 2.05) is 26.2 Å². The first kappa shape index (κ1) is 15.9. The molecule has 0 heterocycles. The Morgan fingerprint density at radius 2 is 1.77 bits per heavy atom. The molecule has 0 amide bonds. The smallest absolute Gasteiger partial charge is 0.119 e. The van der Waals surface area contributed by atoms with Crippen molar-refractivity contribution in [1.82, 2.24) is 0 Å². The minimum atomic E-state index is 0.877. The summed E-state index contributed by atoms with van der Waals surface area (Å²) < 4.78 is 5.29. The van der Waals surface area contributed by atoms with Crippen molar-refractivity contribution in [3.8, 4) is 5.75 Å². The summed E-state index contributed by atoms with van der Waals surface area (Å²) in [5.74, 6) is 0.877. The Morgan fingerprint density at radius 3 is 2.27 bits per heavy atom. The number of anilines is 1. The fraction of sp³-hybridized carbons (Fsp3) is 0.200. The second-order valence-corrected chi connectivity index (χ2v) is 5.44. The third kappa shape index (κ3) is 3.40. The van der Waals surface area contributed by atoms with Crippen LogP contribution in [0, 0.1) is 6.92 Å². The topological polar surface area (TPSA) is 12.5 Å². The molecule has 2 aromatic carbocycles. The average molecular weight is 293 g/mol. The third-order valence-electron chi connectivity index (χ3n) is 3.70. The molecule has 0 saturated carbocycles. The summed E-state index contributed by atoms with van der Waals surface area (Å²) in [5.41, 5.74) is 5.91. The lowest BCUT2D eigenvalue weighted by atomic mass is 9.93. The largest absolute Gasteiger partial charge is 0.497 e. The monoisotopic (exact) mass is 293 g/mol. The molecule has 0 radical (unpaired) electrons. The molecule has 0 bridgehead atoms. The van der Waals surface area contributed by atoms with Gasteiger partial charge in [0.25, 0.3) is 0 Å². The Kier molecular flexibility index (Phi) is 5.05. The average Bonchev–Trinajstić information content (AvgIpc) is 2.53. The van der Waals surface area contributed by atoms with Crippen molar-refractivity contribution in [3.63, 3.8) is 0 Å². The molecule has 2 rings (SSSR count). The first-order valence-electron chi connectivity index (χ1n) is 7.32. The highest BCUT2D eigenvalue weighted by atomic mass is 16.5. The first-order chi connectivity index (χ1) is 10.6. The van der Waals surface area contributed by atoms with Crippen LogP contribution < -0.4 is 9.64 Å². The summed E-state index contributed by atoms with van der Waals surface area (Å²) in [4.78, 5) is 2.10. The van der Waals surface area contributed by atoms with Gasteiger partial charge in [-0.15, -0.1) is 0 Å². The summed E-state index contributed by atoms with van der Waals surface area (Å²) in [5, 5.41) is 0. The zero-order chi connectivity index (χ0) is 16.1. The molecule has 22 heavy (non-hydrogen) atoms. The molecule has 0 spiro atoms. The van der Waals surface area contributed by atoms with E-state index in [1.165, 1.54) is 28.0 Å². The molecule has 0 unspecified atom stereocenters. The highest BCUT2D eigenvalue weighted by Crippen LogP contribution is 2.29. The van der Waals surface area contributed by atoms with Crippen LogP contribution in [0.25, 0.3) is 5.57 Å². The van der Waals surface area contributed by atoms with E-state index in [-0.39, 0.29) is 0 Å². The summed E-state index contributed by atoms with van der Waals surface area (Å²) in [6.45, 7) is 5.95. The number of hydrogen-bond donors (Lipinski definition) is 0. The zero-order valence-corrected chi connectivity index (χ0v) is 13.8. The fourth-order valence-electron chi connectivity index (χ4n) is 2.46. The molecule has 0 aromatic heterocycles. The van der Waals surface area contributed by atoms with Crippen LogP contribution in [0.3, 0.4) is 0 Å². The number of ether oxygens (including phenoxy) is 1. The maximum atomic E-state index is 5.29. The van der Waals surface area contributed by atoms with Crippen molar-refractivity contribution in [2.45, 2.75) is 6.92 Å². The molecule has 0 saturated heterocycles.